The maximum Gasteiger partial charge on any atom is 0.123 e. The maximum absolute atomic E-state index is 12.1. The first kappa shape index (κ1) is 11.4. The van der Waals surface area contributed by atoms with Gasteiger partial charge in [0.1, 0.15) is 19.0 Å². The molecule has 1 unspecified atom stereocenters. The summed E-state index contributed by atoms with van der Waals surface area (Å²) < 4.78 is 17.6. The van der Waals surface area contributed by atoms with E-state index in [9.17, 15) is 4.39 Å². The Morgan fingerprint density at radius 2 is 2.38 bits per heavy atom. The smallest absolute Gasteiger partial charge is 0.123 e. The van der Waals surface area contributed by atoms with Gasteiger partial charge in [0.25, 0.3) is 0 Å². The molecule has 0 amide bonds. The quantitative estimate of drug-likeness (QED) is 0.847. The fraction of sp³-hybridized carbons (Fsp3) is 0.538. The van der Waals surface area contributed by atoms with E-state index >= 15 is 0 Å². The van der Waals surface area contributed by atoms with Crippen LogP contribution in [0.4, 0.5) is 4.39 Å². The molecule has 0 radical (unpaired) electrons. The molecular weight excluding hydrogens is 205 g/mol. The van der Waals surface area contributed by atoms with Crippen molar-refractivity contribution in [1.82, 2.24) is 5.32 Å². The summed E-state index contributed by atoms with van der Waals surface area (Å²) in [5.41, 5.74) is 2.56. The van der Waals surface area contributed by atoms with Crippen molar-refractivity contribution < 1.29 is 9.13 Å². The van der Waals surface area contributed by atoms with Gasteiger partial charge in [0, 0.05) is 6.04 Å². The molecule has 0 fully saturated rings. The average Bonchev–Trinajstić information content (AvgIpc) is 2.35. The van der Waals surface area contributed by atoms with Crippen molar-refractivity contribution in [3.63, 3.8) is 0 Å². The molecule has 2 nitrogen and oxygen atoms in total. The number of hydrogen-bond acceptors (Lipinski definition) is 2. The van der Waals surface area contributed by atoms with Crippen LogP contribution in [0, 0.1) is 0 Å². The zero-order valence-corrected chi connectivity index (χ0v) is 9.63. The molecule has 3 heteroatoms. The van der Waals surface area contributed by atoms with E-state index in [1.807, 2.05) is 19.2 Å². The molecule has 2 rings (SSSR count). The van der Waals surface area contributed by atoms with E-state index in [4.69, 9.17) is 4.74 Å². The van der Waals surface area contributed by atoms with E-state index in [1.54, 1.807) is 0 Å². The van der Waals surface area contributed by atoms with Crippen molar-refractivity contribution in [2.24, 2.45) is 0 Å². The number of benzene rings is 1. The normalized spacial score (nSPS) is 19.2. The zero-order chi connectivity index (χ0) is 11.4. The molecule has 1 aromatic carbocycles. The van der Waals surface area contributed by atoms with Crippen LogP contribution < -0.4 is 10.1 Å². The molecule has 1 aliphatic rings. The molecule has 88 valence electrons. The van der Waals surface area contributed by atoms with Crippen LogP contribution in [0.3, 0.4) is 0 Å². The second-order valence-corrected chi connectivity index (χ2v) is 4.09. The second-order valence-electron chi connectivity index (χ2n) is 4.09. The summed E-state index contributed by atoms with van der Waals surface area (Å²) >= 11 is 0. The van der Waals surface area contributed by atoms with E-state index < -0.39 is 6.67 Å². The standard InChI is InChI=1S/C13H18FNO/c1-15-12-6-2-5-11-10(12)4-3-7-13(11)16-9-8-14/h3-4,7,12,15H,2,5-6,8-9H2,1H3. The first-order chi connectivity index (χ1) is 7.86. The predicted molar refractivity (Wildman–Crippen MR) is 62.7 cm³/mol. The predicted octanol–water partition coefficient (Wildman–Crippen LogP) is 2.63. The first-order valence-electron chi connectivity index (χ1n) is 5.84. The minimum atomic E-state index is -0.431. The van der Waals surface area contributed by atoms with Crippen molar-refractivity contribution >= 4 is 0 Å². The van der Waals surface area contributed by atoms with Gasteiger partial charge in [-0.05, 0) is 43.5 Å². The third kappa shape index (κ3) is 2.19. The van der Waals surface area contributed by atoms with Gasteiger partial charge < -0.3 is 10.1 Å². The minimum absolute atomic E-state index is 0.153. The van der Waals surface area contributed by atoms with Crippen LogP contribution >= 0.6 is 0 Å². The van der Waals surface area contributed by atoms with Gasteiger partial charge in [-0.1, -0.05) is 12.1 Å². The summed E-state index contributed by atoms with van der Waals surface area (Å²) in [5, 5.41) is 3.31. The first-order valence-corrected chi connectivity index (χ1v) is 5.84. The van der Waals surface area contributed by atoms with Crippen LogP contribution in [-0.2, 0) is 6.42 Å². The SMILES string of the molecule is CNC1CCCc2c(OCCF)cccc21. The zero-order valence-electron chi connectivity index (χ0n) is 9.63. The summed E-state index contributed by atoms with van der Waals surface area (Å²) in [6, 6.07) is 6.48. The number of nitrogens with one attached hydrogen (secondary N) is 1. The van der Waals surface area contributed by atoms with Gasteiger partial charge in [-0.15, -0.1) is 0 Å². The molecule has 0 bridgehead atoms. The van der Waals surface area contributed by atoms with E-state index in [0.717, 1.165) is 25.0 Å². The van der Waals surface area contributed by atoms with Gasteiger partial charge in [-0.2, -0.15) is 0 Å². The lowest BCUT2D eigenvalue weighted by atomic mass is 9.87. The van der Waals surface area contributed by atoms with Crippen molar-refractivity contribution in [1.29, 1.82) is 0 Å². The Labute approximate surface area is 95.8 Å². The Balaban J connectivity index is 2.27. The Morgan fingerprint density at radius 3 is 3.12 bits per heavy atom. The fourth-order valence-electron chi connectivity index (χ4n) is 2.40. The van der Waals surface area contributed by atoms with Crippen LogP contribution in [0.15, 0.2) is 18.2 Å². The fourth-order valence-corrected chi connectivity index (χ4v) is 2.40. The summed E-state index contributed by atoms with van der Waals surface area (Å²) in [6.45, 7) is -0.278. The van der Waals surface area contributed by atoms with Crippen molar-refractivity contribution in [3.05, 3.63) is 29.3 Å². The third-order valence-corrected chi connectivity index (χ3v) is 3.15. The molecule has 0 saturated carbocycles. The third-order valence-electron chi connectivity index (χ3n) is 3.15. The Morgan fingerprint density at radius 1 is 1.50 bits per heavy atom. The molecule has 0 aliphatic heterocycles. The minimum Gasteiger partial charge on any atom is -0.491 e. The summed E-state index contributed by atoms with van der Waals surface area (Å²) in [7, 11) is 1.98. The topological polar surface area (TPSA) is 21.3 Å². The van der Waals surface area contributed by atoms with Crippen LogP contribution in [0.5, 0.6) is 5.75 Å². The highest BCUT2D eigenvalue weighted by atomic mass is 19.1. The van der Waals surface area contributed by atoms with Crippen LogP contribution in [0.25, 0.3) is 0 Å². The number of rotatable bonds is 4. The molecule has 16 heavy (non-hydrogen) atoms. The summed E-state index contributed by atoms with van der Waals surface area (Å²) in [4.78, 5) is 0. The number of halogens is 1. The Hall–Kier alpha value is -1.09. The maximum atomic E-state index is 12.1. The van der Waals surface area contributed by atoms with Crippen molar-refractivity contribution in [3.8, 4) is 5.75 Å². The van der Waals surface area contributed by atoms with E-state index in [1.165, 1.54) is 11.1 Å². The van der Waals surface area contributed by atoms with Gasteiger partial charge in [0.15, 0.2) is 0 Å². The van der Waals surface area contributed by atoms with Crippen molar-refractivity contribution in [2.75, 3.05) is 20.3 Å². The van der Waals surface area contributed by atoms with Crippen molar-refractivity contribution in [2.45, 2.75) is 25.3 Å². The van der Waals surface area contributed by atoms with Crippen LogP contribution in [0.2, 0.25) is 0 Å². The average molecular weight is 223 g/mol. The van der Waals surface area contributed by atoms with Crippen LogP contribution in [0.1, 0.15) is 30.0 Å². The van der Waals surface area contributed by atoms with Gasteiger partial charge in [0.2, 0.25) is 0 Å². The molecule has 0 saturated heterocycles. The number of hydrogen-bond donors (Lipinski definition) is 1. The largest absolute Gasteiger partial charge is 0.491 e. The number of fused-ring (bicyclic) bond motifs is 1. The summed E-state index contributed by atoms with van der Waals surface area (Å²) in [5.74, 6) is 0.857. The molecule has 1 aliphatic carbocycles. The monoisotopic (exact) mass is 223 g/mol. The molecule has 1 atom stereocenters. The lowest BCUT2D eigenvalue weighted by molar-refractivity contribution is 0.269. The molecular formula is C13H18FNO. The molecule has 1 aromatic rings. The van der Waals surface area contributed by atoms with E-state index in [0.29, 0.717) is 6.04 Å². The summed E-state index contributed by atoms with van der Waals surface area (Å²) in [6.07, 6.45) is 3.36. The van der Waals surface area contributed by atoms with E-state index in [-0.39, 0.29) is 6.61 Å². The highest BCUT2D eigenvalue weighted by Gasteiger charge is 2.21. The number of alkyl halides is 1. The molecule has 1 N–H and O–H groups in total. The lowest BCUT2D eigenvalue weighted by Gasteiger charge is -2.26. The van der Waals surface area contributed by atoms with Gasteiger partial charge in [-0.3, -0.25) is 0 Å². The molecule has 0 heterocycles. The van der Waals surface area contributed by atoms with Gasteiger partial charge >= 0.3 is 0 Å². The van der Waals surface area contributed by atoms with Gasteiger partial charge in [0.05, 0.1) is 0 Å². The Kier molecular flexibility index (Phi) is 3.78. The lowest BCUT2D eigenvalue weighted by Crippen LogP contribution is -2.22. The van der Waals surface area contributed by atoms with Crippen LogP contribution in [-0.4, -0.2) is 20.3 Å². The highest BCUT2D eigenvalue weighted by molar-refractivity contribution is 5.43. The molecule has 0 spiro atoms. The van der Waals surface area contributed by atoms with E-state index in [2.05, 4.69) is 11.4 Å². The van der Waals surface area contributed by atoms with Gasteiger partial charge in [-0.25, -0.2) is 4.39 Å². The Bertz CT molecular complexity index is 354. The number of ether oxygens (including phenoxy) is 1. The highest BCUT2D eigenvalue weighted by Crippen LogP contribution is 2.34. The molecule has 0 aromatic heterocycles. The second kappa shape index (κ2) is 5.30.